The average Bonchev–Trinajstić information content (AvgIpc) is 2.86. The van der Waals surface area contributed by atoms with Gasteiger partial charge in [-0.2, -0.15) is 0 Å². The van der Waals surface area contributed by atoms with E-state index in [1.165, 1.54) is 7.11 Å². The quantitative estimate of drug-likeness (QED) is 0.216. The first-order valence-electron chi connectivity index (χ1n) is 10.9. The largest absolute Gasteiger partial charge is 0.493 e. The van der Waals surface area contributed by atoms with Crippen LogP contribution < -0.4 is 14.2 Å². The lowest BCUT2D eigenvalue weighted by Crippen LogP contribution is -2.17. The summed E-state index contributed by atoms with van der Waals surface area (Å²) in [6.07, 6.45) is 3.11. The molecule has 0 fully saturated rings. The molecule has 0 spiro atoms. The molecule has 0 radical (unpaired) electrons. The predicted molar refractivity (Wildman–Crippen MR) is 145 cm³/mol. The van der Waals surface area contributed by atoms with Crippen LogP contribution in [0.25, 0.3) is 11.6 Å². The van der Waals surface area contributed by atoms with Crippen LogP contribution in [0.2, 0.25) is 0 Å². The highest BCUT2D eigenvalue weighted by molar-refractivity contribution is 14.1. The van der Waals surface area contributed by atoms with Gasteiger partial charge in [0.15, 0.2) is 23.1 Å². The van der Waals surface area contributed by atoms with E-state index in [2.05, 4.69) is 45.4 Å². The van der Waals surface area contributed by atoms with Crippen molar-refractivity contribution in [2.24, 2.45) is 0 Å². The van der Waals surface area contributed by atoms with Gasteiger partial charge in [0.1, 0.15) is 3.70 Å². The highest BCUT2D eigenvalue weighted by Crippen LogP contribution is 2.38. The number of rotatable bonds is 7. The Hall–Kier alpha value is -3.32. The molecule has 4 aromatic rings. The van der Waals surface area contributed by atoms with Gasteiger partial charge in [0, 0.05) is 12.4 Å². The summed E-state index contributed by atoms with van der Waals surface area (Å²) in [4.78, 5) is 17.3. The first-order valence-corrected chi connectivity index (χ1v) is 13.4. The van der Waals surface area contributed by atoms with Crippen LogP contribution in [0.4, 0.5) is 5.82 Å². The minimum atomic E-state index is -4.02. The zero-order valence-corrected chi connectivity index (χ0v) is 23.0. The van der Waals surface area contributed by atoms with Gasteiger partial charge in [-0.3, -0.25) is 4.72 Å². The van der Waals surface area contributed by atoms with Crippen molar-refractivity contribution in [3.05, 3.63) is 76.3 Å². The molecule has 0 saturated carbocycles. The van der Waals surface area contributed by atoms with Gasteiger partial charge in [0.2, 0.25) is 11.6 Å². The van der Waals surface area contributed by atoms with E-state index < -0.39 is 10.0 Å². The topological polar surface area (TPSA) is 116 Å². The maximum absolute atomic E-state index is 13.4. The van der Waals surface area contributed by atoms with E-state index in [0.29, 0.717) is 15.2 Å². The zero-order valence-electron chi connectivity index (χ0n) is 20.1. The third-order valence-corrected chi connectivity index (χ3v) is 7.22. The Morgan fingerprint density at radius 2 is 1.50 bits per heavy atom. The van der Waals surface area contributed by atoms with Crippen LogP contribution in [0.5, 0.6) is 17.2 Å². The van der Waals surface area contributed by atoms with Crippen LogP contribution in [-0.2, 0) is 15.4 Å². The Morgan fingerprint density at radius 3 is 2.11 bits per heavy atom. The van der Waals surface area contributed by atoms with Gasteiger partial charge in [0.05, 0.1) is 12.0 Å². The van der Waals surface area contributed by atoms with Gasteiger partial charge in [-0.05, 0) is 63.9 Å². The minimum absolute atomic E-state index is 0.0531. The van der Waals surface area contributed by atoms with Crippen molar-refractivity contribution < 1.29 is 17.9 Å². The van der Waals surface area contributed by atoms with Crippen LogP contribution >= 0.6 is 22.6 Å². The third-order valence-electron chi connectivity index (χ3n) is 5.13. The van der Waals surface area contributed by atoms with E-state index in [4.69, 9.17) is 9.47 Å². The van der Waals surface area contributed by atoms with Crippen molar-refractivity contribution in [1.29, 1.82) is 0 Å². The third kappa shape index (κ3) is 5.73. The van der Waals surface area contributed by atoms with Crippen molar-refractivity contribution in [3.8, 4) is 28.9 Å². The molecular weight excluding hydrogens is 593 g/mol. The Labute approximate surface area is 223 Å². The molecule has 0 saturated heterocycles. The lowest BCUT2D eigenvalue weighted by atomic mass is 9.87. The van der Waals surface area contributed by atoms with E-state index in [9.17, 15) is 8.42 Å². The molecule has 36 heavy (non-hydrogen) atoms. The van der Waals surface area contributed by atoms with Crippen LogP contribution in [0.15, 0.2) is 71.9 Å². The Balaban J connectivity index is 1.79. The molecule has 11 heteroatoms. The second-order valence-electron chi connectivity index (χ2n) is 8.72. The predicted octanol–water partition coefficient (Wildman–Crippen LogP) is 5.44. The fourth-order valence-electron chi connectivity index (χ4n) is 3.23. The number of methoxy groups -OCH3 is 1. The summed E-state index contributed by atoms with van der Waals surface area (Å²) >= 11 is 1.96. The first-order chi connectivity index (χ1) is 17.1. The summed E-state index contributed by atoms with van der Waals surface area (Å²) in [5.41, 5.74) is 0.903. The van der Waals surface area contributed by atoms with Crippen LogP contribution in [0.1, 0.15) is 26.3 Å². The van der Waals surface area contributed by atoms with Gasteiger partial charge in [0.25, 0.3) is 10.0 Å². The second-order valence-corrected chi connectivity index (χ2v) is 11.4. The first kappa shape index (κ1) is 25.8. The van der Waals surface area contributed by atoms with Gasteiger partial charge >= 0.3 is 0 Å². The number of anilines is 1. The summed E-state index contributed by atoms with van der Waals surface area (Å²) in [7, 11) is -2.50. The number of aromatic nitrogens is 4. The standard InChI is InChI=1S/C25H24IN5O4S/c1-25(2,3)16-10-12-17(13-11-16)36(32,33)31-22-20(35-19-9-6-5-8-18(19)34-4)21(26)29-24(30-22)23-27-14-7-15-28-23/h5-15H,1-4H3,(H,29,30,31). The molecule has 2 heterocycles. The number of para-hydroxylation sites is 2. The van der Waals surface area contributed by atoms with E-state index in [0.717, 1.165) is 5.56 Å². The summed E-state index contributed by atoms with van der Waals surface area (Å²) < 4.78 is 41.1. The number of ether oxygens (including phenoxy) is 2. The molecule has 2 aromatic heterocycles. The molecule has 0 aliphatic rings. The van der Waals surface area contributed by atoms with Crippen molar-refractivity contribution >= 4 is 38.4 Å². The van der Waals surface area contributed by atoms with Gasteiger partial charge in [-0.15, -0.1) is 0 Å². The number of nitrogens with one attached hydrogen (secondary N) is 1. The number of hydrogen-bond acceptors (Lipinski definition) is 8. The summed E-state index contributed by atoms with van der Waals surface area (Å²) in [5.74, 6) is 1.30. The molecule has 0 aliphatic heterocycles. The second kappa shape index (κ2) is 10.3. The zero-order chi connectivity index (χ0) is 25.9. The molecular formula is C25H24IN5O4S. The minimum Gasteiger partial charge on any atom is -0.493 e. The molecule has 0 unspecified atom stereocenters. The average molecular weight is 617 g/mol. The number of sulfonamides is 1. The Kier molecular flexibility index (Phi) is 7.41. The van der Waals surface area contributed by atoms with Crippen molar-refractivity contribution in [2.45, 2.75) is 31.1 Å². The smallest absolute Gasteiger partial charge is 0.263 e. The lowest BCUT2D eigenvalue weighted by molar-refractivity contribution is 0.377. The maximum Gasteiger partial charge on any atom is 0.263 e. The molecule has 1 N–H and O–H groups in total. The summed E-state index contributed by atoms with van der Waals surface area (Å²) in [6, 6.07) is 15.4. The number of hydrogen-bond donors (Lipinski definition) is 1. The monoisotopic (exact) mass is 617 g/mol. The molecule has 0 bridgehead atoms. The molecule has 186 valence electrons. The van der Waals surface area contributed by atoms with Crippen molar-refractivity contribution in [3.63, 3.8) is 0 Å². The SMILES string of the molecule is COc1ccccc1Oc1c(I)nc(-c2ncccn2)nc1NS(=O)(=O)c1ccc(C(C)(C)C)cc1. The normalized spacial score (nSPS) is 11.7. The summed E-state index contributed by atoms with van der Waals surface area (Å²) in [6.45, 7) is 6.19. The fraction of sp³-hybridized carbons (Fsp3) is 0.200. The van der Waals surface area contributed by atoms with Crippen LogP contribution in [0, 0.1) is 3.70 Å². The van der Waals surface area contributed by atoms with Gasteiger partial charge < -0.3 is 9.47 Å². The highest BCUT2D eigenvalue weighted by atomic mass is 127. The molecule has 2 aromatic carbocycles. The molecule has 0 atom stereocenters. The Morgan fingerprint density at radius 1 is 0.861 bits per heavy atom. The highest BCUT2D eigenvalue weighted by Gasteiger charge is 2.24. The van der Waals surface area contributed by atoms with E-state index in [-0.39, 0.29) is 33.5 Å². The van der Waals surface area contributed by atoms with Gasteiger partial charge in [-0.1, -0.05) is 45.0 Å². The lowest BCUT2D eigenvalue weighted by Gasteiger charge is -2.19. The van der Waals surface area contributed by atoms with E-state index in [1.54, 1.807) is 67.0 Å². The molecule has 4 rings (SSSR count). The number of benzene rings is 2. The van der Waals surface area contributed by atoms with Crippen molar-refractivity contribution in [2.75, 3.05) is 11.8 Å². The molecule has 9 nitrogen and oxygen atoms in total. The van der Waals surface area contributed by atoms with E-state index >= 15 is 0 Å². The van der Waals surface area contributed by atoms with Crippen LogP contribution in [0.3, 0.4) is 0 Å². The number of halogens is 1. The van der Waals surface area contributed by atoms with Crippen molar-refractivity contribution in [1.82, 2.24) is 19.9 Å². The van der Waals surface area contributed by atoms with Crippen LogP contribution in [-0.4, -0.2) is 35.5 Å². The van der Waals surface area contributed by atoms with Gasteiger partial charge in [-0.25, -0.2) is 28.4 Å². The Bertz CT molecular complexity index is 1480. The van der Waals surface area contributed by atoms with E-state index in [1.807, 2.05) is 22.6 Å². The molecule has 0 amide bonds. The summed E-state index contributed by atoms with van der Waals surface area (Å²) in [5, 5.41) is 0. The maximum atomic E-state index is 13.4. The fourth-order valence-corrected chi connectivity index (χ4v) is 4.83. The molecule has 0 aliphatic carbocycles. The number of nitrogens with zero attached hydrogens (tertiary/aromatic N) is 4.